The Morgan fingerprint density at radius 1 is 1.38 bits per heavy atom. The zero-order valence-corrected chi connectivity index (χ0v) is 15.2. The summed E-state index contributed by atoms with van der Waals surface area (Å²) in [6, 6.07) is 5.81. The Bertz CT molecular complexity index is 554. The second-order valence-corrected chi connectivity index (χ2v) is 7.24. The van der Waals surface area contributed by atoms with Crippen molar-refractivity contribution in [3.8, 4) is 11.5 Å². The Balaban J connectivity index is 1.69. The van der Waals surface area contributed by atoms with Gasteiger partial charge < -0.3 is 19.5 Å². The lowest BCUT2D eigenvalue weighted by Gasteiger charge is -2.18. The first-order valence-corrected chi connectivity index (χ1v) is 8.65. The van der Waals surface area contributed by atoms with E-state index in [9.17, 15) is 4.79 Å². The van der Waals surface area contributed by atoms with Gasteiger partial charge in [0.2, 0.25) is 0 Å². The van der Waals surface area contributed by atoms with E-state index in [1.807, 2.05) is 32.0 Å². The van der Waals surface area contributed by atoms with Gasteiger partial charge in [-0.1, -0.05) is 26.0 Å². The Labute approximate surface area is 144 Å². The number of hydrogen-bond acceptors (Lipinski definition) is 4. The fourth-order valence-corrected chi connectivity index (χ4v) is 2.62. The van der Waals surface area contributed by atoms with Crippen LogP contribution in [-0.4, -0.2) is 37.9 Å². The van der Waals surface area contributed by atoms with Crippen LogP contribution in [0.2, 0.25) is 0 Å². The molecule has 1 aliphatic heterocycles. The number of nitrogens with one attached hydrogen (secondary N) is 1. The molecule has 0 saturated heterocycles. The molecule has 1 aromatic rings. The number of amides is 1. The highest BCUT2D eigenvalue weighted by molar-refractivity contribution is 5.77. The van der Waals surface area contributed by atoms with Gasteiger partial charge in [0.25, 0.3) is 5.91 Å². The van der Waals surface area contributed by atoms with Crippen LogP contribution in [0.15, 0.2) is 18.2 Å². The van der Waals surface area contributed by atoms with Gasteiger partial charge in [-0.25, -0.2) is 0 Å². The lowest BCUT2D eigenvalue weighted by atomic mass is 10.0. The average Bonchev–Trinajstić information content (AvgIpc) is 2.82. The highest BCUT2D eigenvalue weighted by atomic mass is 16.5. The Kier molecular flexibility index (Phi) is 6.49. The summed E-state index contributed by atoms with van der Waals surface area (Å²) in [5, 5.41) is 2.84. The number of para-hydroxylation sites is 1. The summed E-state index contributed by atoms with van der Waals surface area (Å²) >= 11 is 0. The van der Waals surface area contributed by atoms with Gasteiger partial charge in [0, 0.05) is 31.7 Å². The van der Waals surface area contributed by atoms with E-state index in [-0.39, 0.29) is 18.1 Å². The highest BCUT2D eigenvalue weighted by Crippen LogP contribution is 2.41. The molecule has 1 aromatic carbocycles. The molecule has 1 N–H and O–H groups in total. The van der Waals surface area contributed by atoms with Crippen LogP contribution < -0.4 is 14.8 Å². The summed E-state index contributed by atoms with van der Waals surface area (Å²) in [5.41, 5.74) is 0.903. The van der Waals surface area contributed by atoms with Gasteiger partial charge in [0.05, 0.1) is 0 Å². The maximum Gasteiger partial charge on any atom is 0.257 e. The van der Waals surface area contributed by atoms with Crippen molar-refractivity contribution < 1.29 is 19.0 Å². The first-order chi connectivity index (χ1) is 11.4. The summed E-state index contributed by atoms with van der Waals surface area (Å²) in [5.74, 6) is 1.80. The third-order valence-corrected chi connectivity index (χ3v) is 3.65. The second kappa shape index (κ2) is 8.38. The van der Waals surface area contributed by atoms with Gasteiger partial charge in [-0.2, -0.15) is 0 Å². The van der Waals surface area contributed by atoms with Gasteiger partial charge in [-0.15, -0.1) is 0 Å². The van der Waals surface area contributed by atoms with Gasteiger partial charge in [0.1, 0.15) is 5.60 Å². The molecule has 0 saturated carbocycles. The van der Waals surface area contributed by atoms with E-state index in [1.54, 1.807) is 0 Å². The van der Waals surface area contributed by atoms with E-state index < -0.39 is 0 Å². The molecule has 1 heterocycles. The lowest BCUT2D eigenvalue weighted by molar-refractivity contribution is -0.123. The molecule has 0 atom stereocenters. The zero-order chi connectivity index (χ0) is 17.6. The third kappa shape index (κ3) is 5.71. The molecule has 0 radical (unpaired) electrons. The molecule has 5 heteroatoms. The molecular weight excluding hydrogens is 306 g/mol. The van der Waals surface area contributed by atoms with Crippen molar-refractivity contribution in [1.29, 1.82) is 0 Å². The number of hydrogen-bond donors (Lipinski definition) is 1. The van der Waals surface area contributed by atoms with E-state index in [4.69, 9.17) is 14.2 Å². The van der Waals surface area contributed by atoms with Crippen LogP contribution in [0.3, 0.4) is 0 Å². The van der Waals surface area contributed by atoms with E-state index in [1.165, 1.54) is 0 Å². The number of carbonyl (C=O) groups excluding carboxylic acids is 1. The van der Waals surface area contributed by atoms with Gasteiger partial charge in [-0.3, -0.25) is 4.79 Å². The fourth-order valence-electron chi connectivity index (χ4n) is 2.62. The number of benzene rings is 1. The largest absolute Gasteiger partial charge is 0.483 e. The van der Waals surface area contributed by atoms with Crippen molar-refractivity contribution in [2.45, 2.75) is 46.1 Å². The standard InChI is InChI=1S/C19H29NO4/c1-14(2)12-22-10-6-9-20-17(21)13-23-16-8-5-7-15-11-19(3,4)24-18(15)16/h5,7-8,14H,6,9-13H2,1-4H3,(H,20,21). The summed E-state index contributed by atoms with van der Waals surface area (Å²) in [6.07, 6.45) is 1.65. The maximum atomic E-state index is 11.9. The first kappa shape index (κ1) is 18.6. The summed E-state index contributed by atoms with van der Waals surface area (Å²) in [4.78, 5) is 11.9. The number of fused-ring (bicyclic) bond motifs is 1. The molecule has 0 aromatic heterocycles. The monoisotopic (exact) mass is 335 g/mol. The number of rotatable bonds is 9. The predicted molar refractivity (Wildman–Crippen MR) is 93.6 cm³/mol. The minimum Gasteiger partial charge on any atom is -0.483 e. The van der Waals surface area contributed by atoms with E-state index >= 15 is 0 Å². The van der Waals surface area contributed by atoms with Crippen LogP contribution >= 0.6 is 0 Å². The summed E-state index contributed by atoms with van der Waals surface area (Å²) in [7, 11) is 0. The summed E-state index contributed by atoms with van der Waals surface area (Å²) < 4.78 is 17.1. The molecule has 0 bridgehead atoms. The molecule has 24 heavy (non-hydrogen) atoms. The molecule has 1 amide bonds. The molecule has 0 fully saturated rings. The van der Waals surface area contributed by atoms with E-state index in [2.05, 4.69) is 19.2 Å². The minimum absolute atomic E-state index is 0.00685. The maximum absolute atomic E-state index is 11.9. The zero-order valence-electron chi connectivity index (χ0n) is 15.2. The number of carbonyl (C=O) groups is 1. The van der Waals surface area contributed by atoms with Crippen molar-refractivity contribution >= 4 is 5.91 Å². The molecule has 2 rings (SSSR count). The quantitative estimate of drug-likeness (QED) is 0.705. The van der Waals surface area contributed by atoms with Crippen LogP contribution in [0.5, 0.6) is 11.5 Å². The van der Waals surface area contributed by atoms with Gasteiger partial charge in [0.15, 0.2) is 18.1 Å². The molecule has 134 valence electrons. The van der Waals surface area contributed by atoms with Crippen molar-refractivity contribution in [1.82, 2.24) is 5.32 Å². The third-order valence-electron chi connectivity index (χ3n) is 3.65. The Morgan fingerprint density at radius 3 is 2.92 bits per heavy atom. The first-order valence-electron chi connectivity index (χ1n) is 8.65. The van der Waals surface area contributed by atoms with Crippen LogP contribution in [0, 0.1) is 5.92 Å². The highest BCUT2D eigenvalue weighted by Gasteiger charge is 2.32. The molecule has 5 nitrogen and oxygen atoms in total. The molecule has 0 unspecified atom stereocenters. The lowest BCUT2D eigenvalue weighted by Crippen LogP contribution is -2.30. The van der Waals surface area contributed by atoms with E-state index in [0.717, 1.165) is 30.8 Å². The van der Waals surface area contributed by atoms with Gasteiger partial charge in [-0.05, 0) is 32.3 Å². The van der Waals surface area contributed by atoms with Crippen molar-refractivity contribution in [2.75, 3.05) is 26.4 Å². The van der Waals surface area contributed by atoms with Crippen LogP contribution in [0.1, 0.15) is 39.7 Å². The molecule has 0 aliphatic carbocycles. The van der Waals surface area contributed by atoms with Crippen molar-refractivity contribution in [3.63, 3.8) is 0 Å². The smallest absolute Gasteiger partial charge is 0.257 e. The second-order valence-electron chi connectivity index (χ2n) is 7.24. The van der Waals surface area contributed by atoms with Crippen molar-refractivity contribution in [2.24, 2.45) is 5.92 Å². The van der Waals surface area contributed by atoms with Crippen LogP contribution in [0.25, 0.3) is 0 Å². The number of ether oxygens (including phenoxy) is 3. The predicted octanol–water partition coefficient (Wildman–Crippen LogP) is 2.96. The molecule has 1 aliphatic rings. The fraction of sp³-hybridized carbons (Fsp3) is 0.632. The van der Waals surface area contributed by atoms with Crippen LogP contribution in [0.4, 0.5) is 0 Å². The van der Waals surface area contributed by atoms with Gasteiger partial charge >= 0.3 is 0 Å². The Hall–Kier alpha value is -1.75. The average molecular weight is 335 g/mol. The molecular formula is C19H29NO4. The van der Waals surface area contributed by atoms with Crippen LogP contribution in [-0.2, 0) is 16.0 Å². The minimum atomic E-state index is -0.222. The SMILES string of the molecule is CC(C)COCCCNC(=O)COc1cccc2c1OC(C)(C)C2. The van der Waals surface area contributed by atoms with Crippen molar-refractivity contribution in [3.05, 3.63) is 23.8 Å². The normalized spacial score (nSPS) is 15.0. The molecule has 0 spiro atoms. The summed E-state index contributed by atoms with van der Waals surface area (Å²) in [6.45, 7) is 10.3. The van der Waals surface area contributed by atoms with E-state index in [0.29, 0.717) is 24.8 Å². The Morgan fingerprint density at radius 2 is 2.17 bits per heavy atom. The topological polar surface area (TPSA) is 56.8 Å².